The molecular weight excluding hydrogens is 184 g/mol. The molecule has 2 fully saturated rings. The van der Waals surface area contributed by atoms with Crippen LogP contribution in [0.25, 0.3) is 0 Å². The van der Waals surface area contributed by atoms with Crippen molar-refractivity contribution >= 4 is 0 Å². The van der Waals surface area contributed by atoms with Crippen molar-refractivity contribution in [2.24, 2.45) is 11.8 Å². The largest absolute Gasteiger partial charge is 0.301 e. The summed E-state index contributed by atoms with van der Waals surface area (Å²) in [5.41, 5.74) is 0.753. The first-order chi connectivity index (χ1) is 6.76. The zero-order chi connectivity index (χ0) is 11.4. The molecule has 0 saturated carbocycles. The minimum atomic E-state index is 0.376. The van der Waals surface area contributed by atoms with E-state index >= 15 is 0 Å². The van der Waals surface area contributed by atoms with Crippen LogP contribution in [0, 0.1) is 11.8 Å². The molecule has 2 aliphatic rings. The highest BCUT2D eigenvalue weighted by Gasteiger charge is 2.50. The molecule has 2 atom stereocenters. The van der Waals surface area contributed by atoms with Crippen LogP contribution in [0.5, 0.6) is 0 Å². The van der Waals surface area contributed by atoms with Crippen molar-refractivity contribution in [1.82, 2.24) is 9.80 Å². The average Bonchev–Trinajstić information content (AvgIpc) is 2.10. The van der Waals surface area contributed by atoms with E-state index in [1.807, 2.05) is 0 Å². The van der Waals surface area contributed by atoms with Crippen molar-refractivity contribution in [3.8, 4) is 0 Å². The van der Waals surface area contributed by atoms with Crippen LogP contribution in [0.4, 0.5) is 0 Å². The lowest BCUT2D eigenvalue weighted by Gasteiger charge is -2.60. The highest BCUT2D eigenvalue weighted by Crippen LogP contribution is 2.45. The van der Waals surface area contributed by atoms with Gasteiger partial charge in [0, 0.05) is 24.2 Å². The fourth-order valence-corrected chi connectivity index (χ4v) is 3.27. The van der Waals surface area contributed by atoms with E-state index in [2.05, 4.69) is 51.6 Å². The highest BCUT2D eigenvalue weighted by molar-refractivity contribution is 5.05. The van der Waals surface area contributed by atoms with Crippen LogP contribution in [-0.2, 0) is 0 Å². The Hall–Kier alpha value is -0.0800. The molecule has 0 amide bonds. The molecule has 2 nitrogen and oxygen atoms in total. The Labute approximate surface area is 94.6 Å². The molecule has 2 aliphatic heterocycles. The number of fused-ring (bicyclic) bond motifs is 2. The van der Waals surface area contributed by atoms with Gasteiger partial charge in [-0.25, -0.2) is 0 Å². The van der Waals surface area contributed by atoms with Gasteiger partial charge in [0.15, 0.2) is 0 Å². The van der Waals surface area contributed by atoms with Crippen molar-refractivity contribution in [3.63, 3.8) is 0 Å². The molecule has 0 spiro atoms. The quantitative estimate of drug-likeness (QED) is 0.604. The Morgan fingerprint density at radius 3 is 1.47 bits per heavy atom. The maximum absolute atomic E-state index is 2.57. The summed E-state index contributed by atoms with van der Waals surface area (Å²) in [7, 11) is 4.58. The highest BCUT2D eigenvalue weighted by atomic mass is 15.3. The van der Waals surface area contributed by atoms with E-state index in [-0.39, 0.29) is 0 Å². The number of piperidine rings is 2. The summed E-state index contributed by atoms with van der Waals surface area (Å²) in [4.78, 5) is 5.14. The zero-order valence-electron chi connectivity index (χ0n) is 11.2. The Morgan fingerprint density at radius 1 is 0.800 bits per heavy atom. The molecule has 0 N–H and O–H groups in total. The molecular formula is C13H26N2. The molecule has 2 saturated heterocycles. The third-order valence-electron chi connectivity index (χ3n) is 5.52. The van der Waals surface area contributed by atoms with E-state index in [4.69, 9.17) is 0 Å². The van der Waals surface area contributed by atoms with E-state index in [0.29, 0.717) is 11.1 Å². The number of likely N-dealkylation sites (tertiary alicyclic amines) is 2. The molecule has 2 rings (SSSR count). The molecule has 0 aliphatic carbocycles. The number of nitrogens with zero attached hydrogens (tertiary/aromatic N) is 2. The van der Waals surface area contributed by atoms with E-state index < -0.39 is 0 Å². The topological polar surface area (TPSA) is 6.48 Å². The second-order valence-corrected chi connectivity index (χ2v) is 6.70. The normalized spacial score (nSPS) is 40.4. The molecule has 0 aromatic carbocycles. The first kappa shape index (κ1) is 11.4. The third kappa shape index (κ3) is 1.53. The number of hydrogen-bond donors (Lipinski definition) is 0. The van der Waals surface area contributed by atoms with Crippen molar-refractivity contribution in [2.75, 3.05) is 27.2 Å². The van der Waals surface area contributed by atoms with Crippen LogP contribution in [0.15, 0.2) is 0 Å². The summed E-state index contributed by atoms with van der Waals surface area (Å²) in [6.45, 7) is 12.1. The first-order valence-corrected chi connectivity index (χ1v) is 6.18. The van der Waals surface area contributed by atoms with Crippen molar-refractivity contribution in [1.29, 1.82) is 0 Å². The Morgan fingerprint density at radius 2 is 1.13 bits per heavy atom. The van der Waals surface area contributed by atoms with Crippen molar-refractivity contribution in [3.05, 3.63) is 0 Å². The van der Waals surface area contributed by atoms with Gasteiger partial charge in [0.1, 0.15) is 0 Å². The standard InChI is InChI=1S/C13H26N2/c1-12(2)10-7-11(9-14(12)5)13(3,4)15(6)8-10/h10-11H,7-9H2,1-6H3. The number of hydrogen-bond acceptors (Lipinski definition) is 2. The lowest BCUT2D eigenvalue weighted by molar-refractivity contribution is -0.0978. The third-order valence-corrected chi connectivity index (χ3v) is 5.52. The van der Waals surface area contributed by atoms with Crippen molar-refractivity contribution in [2.45, 2.75) is 45.2 Å². The predicted molar refractivity (Wildman–Crippen MR) is 65.0 cm³/mol. The lowest BCUT2D eigenvalue weighted by Crippen LogP contribution is -2.67. The molecule has 15 heavy (non-hydrogen) atoms. The van der Waals surface area contributed by atoms with Crippen LogP contribution in [0.2, 0.25) is 0 Å². The van der Waals surface area contributed by atoms with Crippen LogP contribution in [0.1, 0.15) is 34.1 Å². The van der Waals surface area contributed by atoms with Crippen LogP contribution in [-0.4, -0.2) is 48.1 Å². The molecule has 2 bridgehead atoms. The maximum atomic E-state index is 2.57. The zero-order valence-corrected chi connectivity index (χ0v) is 11.2. The first-order valence-electron chi connectivity index (χ1n) is 6.18. The fourth-order valence-electron chi connectivity index (χ4n) is 3.27. The van der Waals surface area contributed by atoms with Crippen molar-refractivity contribution < 1.29 is 0 Å². The SMILES string of the molecule is CN1CC2CC(CN(C)C2(C)C)C1(C)C. The van der Waals surface area contributed by atoms with Gasteiger partial charge < -0.3 is 9.80 Å². The second kappa shape index (κ2) is 3.21. The molecule has 0 aromatic rings. The average molecular weight is 210 g/mol. The molecule has 2 heteroatoms. The molecule has 2 unspecified atom stereocenters. The monoisotopic (exact) mass is 210 g/mol. The summed E-state index contributed by atoms with van der Waals surface area (Å²) in [6.07, 6.45) is 1.41. The van der Waals surface area contributed by atoms with Crippen LogP contribution >= 0.6 is 0 Å². The van der Waals surface area contributed by atoms with Crippen LogP contribution in [0.3, 0.4) is 0 Å². The smallest absolute Gasteiger partial charge is 0.0190 e. The van der Waals surface area contributed by atoms with Gasteiger partial charge in [0.2, 0.25) is 0 Å². The summed E-state index contributed by atoms with van der Waals surface area (Å²) >= 11 is 0. The van der Waals surface area contributed by atoms with Gasteiger partial charge in [-0.1, -0.05) is 0 Å². The summed E-state index contributed by atoms with van der Waals surface area (Å²) in [5.74, 6) is 1.67. The van der Waals surface area contributed by atoms with Gasteiger partial charge in [-0.2, -0.15) is 0 Å². The summed E-state index contributed by atoms with van der Waals surface area (Å²) in [5, 5.41) is 0. The fraction of sp³-hybridized carbons (Fsp3) is 1.00. The molecule has 88 valence electrons. The maximum Gasteiger partial charge on any atom is 0.0190 e. The molecule has 0 aromatic heterocycles. The molecule has 2 heterocycles. The van der Waals surface area contributed by atoms with E-state index in [1.165, 1.54) is 19.5 Å². The Kier molecular flexibility index (Phi) is 2.44. The Balaban J connectivity index is 2.27. The minimum absolute atomic E-state index is 0.376. The minimum Gasteiger partial charge on any atom is -0.301 e. The van der Waals surface area contributed by atoms with E-state index in [9.17, 15) is 0 Å². The molecule has 0 radical (unpaired) electrons. The summed E-state index contributed by atoms with van der Waals surface area (Å²) < 4.78 is 0. The predicted octanol–water partition coefficient (Wildman–Crippen LogP) is 2.06. The number of rotatable bonds is 0. The summed E-state index contributed by atoms with van der Waals surface area (Å²) in [6, 6.07) is 0. The van der Waals surface area contributed by atoms with Gasteiger partial charge >= 0.3 is 0 Å². The lowest BCUT2D eigenvalue weighted by atomic mass is 9.66. The van der Waals surface area contributed by atoms with Crippen LogP contribution < -0.4 is 0 Å². The van der Waals surface area contributed by atoms with Gasteiger partial charge in [0.05, 0.1) is 0 Å². The van der Waals surface area contributed by atoms with E-state index in [1.54, 1.807) is 0 Å². The second-order valence-electron chi connectivity index (χ2n) is 6.70. The Bertz CT molecular complexity index is 227. The van der Waals surface area contributed by atoms with Gasteiger partial charge in [-0.3, -0.25) is 0 Å². The van der Waals surface area contributed by atoms with Gasteiger partial charge in [0.25, 0.3) is 0 Å². The van der Waals surface area contributed by atoms with E-state index in [0.717, 1.165) is 11.8 Å². The van der Waals surface area contributed by atoms with Gasteiger partial charge in [-0.15, -0.1) is 0 Å². The van der Waals surface area contributed by atoms with Gasteiger partial charge in [-0.05, 0) is 60.0 Å².